The Morgan fingerprint density at radius 1 is 1.07 bits per heavy atom. The van der Waals surface area contributed by atoms with Crippen molar-refractivity contribution in [2.45, 2.75) is 18.5 Å². The van der Waals surface area contributed by atoms with Gasteiger partial charge < -0.3 is 16.0 Å². The molecule has 2 heterocycles. The third kappa shape index (κ3) is 3.35. The lowest BCUT2D eigenvalue weighted by atomic mass is 9.93. The van der Waals surface area contributed by atoms with E-state index in [1.165, 1.54) is 18.2 Å². The molecule has 2 aromatic carbocycles. The summed E-state index contributed by atoms with van der Waals surface area (Å²) in [6.45, 7) is 0.809. The summed E-state index contributed by atoms with van der Waals surface area (Å²) in [5.41, 5.74) is 6.28. The number of likely N-dealkylation sites (tertiary alicyclic amines) is 1. The first-order chi connectivity index (χ1) is 12.5. The molecule has 0 saturated carbocycles. The van der Waals surface area contributed by atoms with Gasteiger partial charge in [0.25, 0.3) is 5.91 Å². The maximum Gasteiger partial charge on any atom is 0.256 e. The third-order valence-electron chi connectivity index (χ3n) is 4.95. The summed E-state index contributed by atoms with van der Waals surface area (Å²) in [6.07, 6.45) is 1.01. The lowest BCUT2D eigenvalue weighted by molar-refractivity contribution is 0.0681. The topological polar surface area (TPSA) is 70.7 Å². The summed E-state index contributed by atoms with van der Waals surface area (Å²) in [5.74, 6) is -1.12. The van der Waals surface area contributed by atoms with Gasteiger partial charge >= 0.3 is 0 Å². The highest BCUT2D eigenvalue weighted by Crippen LogP contribution is 2.35. The van der Waals surface area contributed by atoms with Gasteiger partial charge in [-0.25, -0.2) is 13.8 Å². The molecule has 1 saturated heterocycles. The van der Waals surface area contributed by atoms with Crippen LogP contribution in [0, 0.1) is 11.6 Å². The van der Waals surface area contributed by atoms with Crippen LogP contribution in [0.15, 0.2) is 47.5 Å². The highest BCUT2D eigenvalue weighted by molar-refractivity contribution is 6.04. The van der Waals surface area contributed by atoms with Crippen molar-refractivity contribution in [3.8, 4) is 0 Å². The molecule has 1 spiro atoms. The van der Waals surface area contributed by atoms with Crippen molar-refractivity contribution in [1.82, 2.24) is 4.90 Å². The Bertz CT molecular complexity index is 910. The summed E-state index contributed by atoms with van der Waals surface area (Å²) in [5, 5.41) is 3.27. The van der Waals surface area contributed by atoms with Gasteiger partial charge in [-0.2, -0.15) is 0 Å². The van der Waals surface area contributed by atoms with Crippen LogP contribution < -0.4 is 11.1 Å². The first-order valence-corrected chi connectivity index (χ1v) is 8.45. The van der Waals surface area contributed by atoms with Crippen molar-refractivity contribution in [2.75, 3.05) is 18.4 Å². The van der Waals surface area contributed by atoms with Gasteiger partial charge in [-0.05, 0) is 24.3 Å². The Kier molecular flexibility index (Phi) is 5.06. The van der Waals surface area contributed by atoms with Crippen LogP contribution in [0.5, 0.6) is 0 Å². The van der Waals surface area contributed by atoms with Gasteiger partial charge in [0, 0.05) is 31.6 Å². The number of piperidine rings is 1. The van der Waals surface area contributed by atoms with Crippen LogP contribution in [0.2, 0.25) is 0 Å². The summed E-state index contributed by atoms with van der Waals surface area (Å²) >= 11 is 0. The number of fused-ring (bicyclic) bond motifs is 1. The molecule has 0 atom stereocenters. The fraction of sp³-hybridized carbons (Fsp3) is 0.263. The molecule has 0 unspecified atom stereocenters. The largest absolute Gasteiger partial charge is 0.383 e. The predicted octanol–water partition coefficient (Wildman–Crippen LogP) is 3.15. The maximum absolute atomic E-state index is 14.0. The minimum absolute atomic E-state index is 0. The minimum atomic E-state index is -0.670. The fourth-order valence-corrected chi connectivity index (χ4v) is 3.58. The van der Waals surface area contributed by atoms with Crippen molar-refractivity contribution in [3.63, 3.8) is 0 Å². The molecule has 27 heavy (non-hydrogen) atoms. The van der Waals surface area contributed by atoms with E-state index in [2.05, 4.69) is 10.3 Å². The smallest absolute Gasteiger partial charge is 0.256 e. The quantitative estimate of drug-likeness (QED) is 0.783. The van der Waals surface area contributed by atoms with Gasteiger partial charge in [-0.15, -0.1) is 12.4 Å². The number of carbonyl (C=O) groups excluding carboxylic acids is 1. The number of hydrogen-bond donors (Lipinski definition) is 2. The van der Waals surface area contributed by atoms with E-state index in [0.717, 1.165) is 0 Å². The van der Waals surface area contributed by atoms with E-state index < -0.39 is 17.3 Å². The van der Waals surface area contributed by atoms with E-state index in [1.54, 1.807) is 29.2 Å². The number of halogens is 3. The van der Waals surface area contributed by atoms with Crippen molar-refractivity contribution in [3.05, 3.63) is 65.2 Å². The number of benzene rings is 2. The Morgan fingerprint density at radius 3 is 2.44 bits per heavy atom. The van der Waals surface area contributed by atoms with Crippen LogP contribution in [0.1, 0.15) is 28.8 Å². The predicted molar refractivity (Wildman–Crippen MR) is 102 cm³/mol. The second-order valence-electron chi connectivity index (χ2n) is 6.59. The molecule has 0 radical (unpaired) electrons. The van der Waals surface area contributed by atoms with E-state index in [9.17, 15) is 13.6 Å². The fourth-order valence-electron chi connectivity index (χ4n) is 3.58. The molecule has 1 fully saturated rings. The number of aliphatic imine (C=N–C) groups is 1. The van der Waals surface area contributed by atoms with E-state index in [-0.39, 0.29) is 35.3 Å². The standard InChI is InChI=1S/C19H18F2N4O.ClH/c20-13-5-2-1-4-12(13)18(26)25-10-8-19(9-11-25)23-15-7-3-6-14(21)16(15)17(22)24-19;/h1-7,23H,8-11H2,(H2,22,24);1H. The average molecular weight is 393 g/mol. The number of nitrogens with one attached hydrogen (secondary N) is 1. The van der Waals surface area contributed by atoms with Gasteiger partial charge in [0.05, 0.1) is 11.1 Å². The lowest BCUT2D eigenvalue weighted by Crippen LogP contribution is -2.52. The molecule has 0 aliphatic carbocycles. The summed E-state index contributed by atoms with van der Waals surface area (Å²) in [4.78, 5) is 18.7. The van der Waals surface area contributed by atoms with Crippen LogP contribution >= 0.6 is 12.4 Å². The molecular formula is C19H19ClF2N4O. The minimum Gasteiger partial charge on any atom is -0.383 e. The molecular weight excluding hydrogens is 374 g/mol. The van der Waals surface area contributed by atoms with Crippen LogP contribution in [-0.2, 0) is 0 Å². The Labute approximate surface area is 161 Å². The number of nitrogens with zero attached hydrogens (tertiary/aromatic N) is 2. The number of rotatable bonds is 1. The van der Waals surface area contributed by atoms with Gasteiger partial charge in [-0.3, -0.25) is 4.79 Å². The molecule has 8 heteroatoms. The summed E-state index contributed by atoms with van der Waals surface area (Å²) in [6, 6.07) is 10.7. The molecule has 0 aromatic heterocycles. The Balaban J connectivity index is 0.00000210. The number of hydrogen-bond acceptors (Lipinski definition) is 4. The number of carbonyl (C=O) groups is 1. The van der Waals surface area contributed by atoms with E-state index >= 15 is 0 Å². The number of amidine groups is 1. The summed E-state index contributed by atoms with van der Waals surface area (Å²) < 4.78 is 27.8. The molecule has 1 amide bonds. The molecule has 5 nitrogen and oxygen atoms in total. The monoisotopic (exact) mass is 392 g/mol. The average Bonchev–Trinajstić information content (AvgIpc) is 2.62. The maximum atomic E-state index is 14.0. The van der Waals surface area contributed by atoms with E-state index in [4.69, 9.17) is 5.73 Å². The molecule has 2 aromatic rings. The third-order valence-corrected chi connectivity index (χ3v) is 4.95. The van der Waals surface area contributed by atoms with Crippen molar-refractivity contribution in [2.24, 2.45) is 10.7 Å². The van der Waals surface area contributed by atoms with Crippen molar-refractivity contribution in [1.29, 1.82) is 0 Å². The van der Waals surface area contributed by atoms with E-state index in [0.29, 0.717) is 31.6 Å². The second kappa shape index (κ2) is 7.15. The van der Waals surface area contributed by atoms with Crippen LogP contribution in [0.25, 0.3) is 0 Å². The molecule has 2 aliphatic heterocycles. The first-order valence-electron chi connectivity index (χ1n) is 8.45. The molecule has 2 aliphatic rings. The first kappa shape index (κ1) is 19.1. The Hall–Kier alpha value is -2.67. The normalized spacial score (nSPS) is 17.4. The zero-order valence-electron chi connectivity index (χ0n) is 14.4. The van der Waals surface area contributed by atoms with Crippen LogP contribution in [-0.4, -0.2) is 35.4 Å². The number of amides is 1. The molecule has 0 bridgehead atoms. The van der Waals surface area contributed by atoms with Crippen molar-refractivity contribution >= 4 is 29.8 Å². The molecule has 4 rings (SSSR count). The second-order valence-corrected chi connectivity index (χ2v) is 6.59. The number of anilines is 1. The van der Waals surface area contributed by atoms with Gasteiger partial charge in [0.2, 0.25) is 0 Å². The zero-order valence-corrected chi connectivity index (χ0v) is 15.2. The highest BCUT2D eigenvalue weighted by atomic mass is 35.5. The van der Waals surface area contributed by atoms with Gasteiger partial charge in [-0.1, -0.05) is 18.2 Å². The summed E-state index contributed by atoms with van der Waals surface area (Å²) in [7, 11) is 0. The van der Waals surface area contributed by atoms with Gasteiger partial charge in [0.1, 0.15) is 23.1 Å². The molecule has 3 N–H and O–H groups in total. The zero-order chi connectivity index (χ0) is 18.3. The SMILES string of the molecule is Cl.NC1=NC2(CCN(C(=O)c3ccccc3F)CC2)Nc2cccc(F)c21. The van der Waals surface area contributed by atoms with E-state index in [1.807, 2.05) is 0 Å². The van der Waals surface area contributed by atoms with Crippen LogP contribution in [0.4, 0.5) is 14.5 Å². The van der Waals surface area contributed by atoms with Crippen molar-refractivity contribution < 1.29 is 13.6 Å². The lowest BCUT2D eigenvalue weighted by Gasteiger charge is -2.42. The van der Waals surface area contributed by atoms with Crippen LogP contribution in [0.3, 0.4) is 0 Å². The van der Waals surface area contributed by atoms with Gasteiger partial charge in [0.15, 0.2) is 0 Å². The molecule has 142 valence electrons. The Morgan fingerprint density at radius 2 is 1.74 bits per heavy atom. The highest BCUT2D eigenvalue weighted by Gasteiger charge is 2.39. The number of nitrogens with two attached hydrogens (primary N) is 1.